The van der Waals surface area contributed by atoms with E-state index in [1.54, 1.807) is 0 Å². The first-order valence-corrected chi connectivity index (χ1v) is 10.4. The summed E-state index contributed by atoms with van der Waals surface area (Å²) in [7, 11) is 0. The molecule has 0 unspecified atom stereocenters. The van der Waals surface area contributed by atoms with Crippen LogP contribution in [-0.2, 0) is 17.8 Å². The molecular formula is C20H34N4O. The molecule has 1 aliphatic heterocycles. The number of aromatic nitrogens is 3. The Morgan fingerprint density at radius 3 is 2.72 bits per heavy atom. The Hall–Kier alpha value is -1.39. The van der Waals surface area contributed by atoms with Gasteiger partial charge in [-0.2, -0.15) is 0 Å². The van der Waals surface area contributed by atoms with Crippen LogP contribution in [0.3, 0.4) is 0 Å². The molecule has 0 N–H and O–H groups in total. The molecule has 1 atom stereocenters. The molecule has 1 amide bonds. The summed E-state index contributed by atoms with van der Waals surface area (Å²) in [5, 5.41) is 8.59. The van der Waals surface area contributed by atoms with Crippen LogP contribution >= 0.6 is 0 Å². The zero-order valence-corrected chi connectivity index (χ0v) is 15.8. The lowest BCUT2D eigenvalue weighted by atomic mass is 9.94. The van der Waals surface area contributed by atoms with E-state index in [2.05, 4.69) is 28.3 Å². The van der Waals surface area contributed by atoms with E-state index >= 15 is 0 Å². The van der Waals surface area contributed by atoms with Crippen LogP contribution in [0.1, 0.15) is 76.8 Å². The van der Waals surface area contributed by atoms with Crippen LogP contribution in [0.25, 0.3) is 0 Å². The molecule has 2 aliphatic rings. The molecule has 2 heterocycles. The van der Waals surface area contributed by atoms with Crippen molar-refractivity contribution in [2.75, 3.05) is 13.1 Å². The lowest BCUT2D eigenvalue weighted by Gasteiger charge is -2.34. The van der Waals surface area contributed by atoms with Gasteiger partial charge in [0.1, 0.15) is 0 Å². The maximum Gasteiger partial charge on any atom is 0.225 e. The van der Waals surface area contributed by atoms with Crippen molar-refractivity contribution in [1.29, 1.82) is 0 Å². The lowest BCUT2D eigenvalue weighted by Crippen LogP contribution is -2.44. The molecule has 1 aromatic rings. The minimum atomic E-state index is 0.285. The molecule has 1 aromatic heterocycles. The van der Waals surface area contributed by atoms with E-state index in [1.807, 2.05) is 4.68 Å². The number of carbonyl (C=O) groups excluding carboxylic acids is 1. The molecule has 0 bridgehead atoms. The summed E-state index contributed by atoms with van der Waals surface area (Å²) in [5.41, 5.74) is 1.10. The predicted molar refractivity (Wildman–Crippen MR) is 99.1 cm³/mol. The molecule has 5 heteroatoms. The molecule has 0 spiro atoms. The lowest BCUT2D eigenvalue weighted by molar-refractivity contribution is -0.138. The fourth-order valence-electron chi connectivity index (χ4n) is 4.36. The standard InChI is InChI=1S/C20H34N4O/c1-2-3-12-19-16-24(22-21-19)15-17-9-8-13-23(14-17)20(25)18-10-6-4-5-7-11-18/h16-18H,2-15H2,1H3/t17-/m1/s1. The summed E-state index contributed by atoms with van der Waals surface area (Å²) in [6.07, 6.45) is 15.1. The minimum Gasteiger partial charge on any atom is -0.342 e. The third-order valence-electron chi connectivity index (χ3n) is 5.85. The fraction of sp³-hybridized carbons (Fsp3) is 0.850. The van der Waals surface area contributed by atoms with Gasteiger partial charge in [0.2, 0.25) is 5.91 Å². The van der Waals surface area contributed by atoms with Crippen LogP contribution in [0.2, 0.25) is 0 Å². The second-order valence-electron chi connectivity index (χ2n) is 8.02. The smallest absolute Gasteiger partial charge is 0.225 e. The van der Waals surface area contributed by atoms with Gasteiger partial charge >= 0.3 is 0 Å². The van der Waals surface area contributed by atoms with E-state index in [9.17, 15) is 4.79 Å². The number of nitrogens with zero attached hydrogens (tertiary/aromatic N) is 4. The summed E-state index contributed by atoms with van der Waals surface area (Å²) in [6.45, 7) is 4.95. The molecule has 0 aromatic carbocycles. The summed E-state index contributed by atoms with van der Waals surface area (Å²) >= 11 is 0. The molecule has 140 valence electrons. The second kappa shape index (κ2) is 9.35. The van der Waals surface area contributed by atoms with Crippen molar-refractivity contribution in [1.82, 2.24) is 19.9 Å². The highest BCUT2D eigenvalue weighted by Crippen LogP contribution is 2.27. The van der Waals surface area contributed by atoms with Crippen LogP contribution in [0, 0.1) is 11.8 Å². The van der Waals surface area contributed by atoms with E-state index in [0.29, 0.717) is 11.8 Å². The maximum absolute atomic E-state index is 12.9. The van der Waals surface area contributed by atoms with Crippen LogP contribution in [-0.4, -0.2) is 38.9 Å². The molecule has 1 saturated carbocycles. The Morgan fingerprint density at radius 1 is 1.16 bits per heavy atom. The van der Waals surface area contributed by atoms with Gasteiger partial charge in [0.05, 0.1) is 5.69 Å². The quantitative estimate of drug-likeness (QED) is 0.736. The number of likely N-dealkylation sites (tertiary alicyclic amines) is 1. The highest BCUT2D eigenvalue weighted by molar-refractivity contribution is 5.79. The van der Waals surface area contributed by atoms with E-state index in [-0.39, 0.29) is 5.92 Å². The van der Waals surface area contributed by atoms with Crippen molar-refractivity contribution >= 4 is 5.91 Å². The number of hydrogen-bond acceptors (Lipinski definition) is 3. The number of aryl methyl sites for hydroxylation is 1. The molecular weight excluding hydrogens is 312 g/mol. The SMILES string of the molecule is CCCCc1cn(C[C@@H]2CCCN(C(=O)C3CCCCCC3)C2)nn1. The first-order valence-electron chi connectivity index (χ1n) is 10.4. The van der Waals surface area contributed by atoms with Gasteiger partial charge in [0.25, 0.3) is 0 Å². The summed E-state index contributed by atoms with van der Waals surface area (Å²) in [4.78, 5) is 15.1. The van der Waals surface area contributed by atoms with Gasteiger partial charge < -0.3 is 4.90 Å². The van der Waals surface area contributed by atoms with Crippen LogP contribution < -0.4 is 0 Å². The Labute approximate surface area is 152 Å². The number of rotatable bonds is 6. The summed E-state index contributed by atoms with van der Waals surface area (Å²) in [6, 6.07) is 0. The highest BCUT2D eigenvalue weighted by atomic mass is 16.2. The average molecular weight is 347 g/mol. The van der Waals surface area contributed by atoms with Crippen LogP contribution in [0.5, 0.6) is 0 Å². The summed E-state index contributed by atoms with van der Waals surface area (Å²) < 4.78 is 2.00. The Balaban J connectivity index is 1.51. The van der Waals surface area contributed by atoms with Crippen molar-refractivity contribution in [3.05, 3.63) is 11.9 Å². The normalized spacial score (nSPS) is 22.8. The highest BCUT2D eigenvalue weighted by Gasteiger charge is 2.29. The monoisotopic (exact) mass is 346 g/mol. The Bertz CT molecular complexity index is 534. The molecule has 25 heavy (non-hydrogen) atoms. The van der Waals surface area contributed by atoms with Gasteiger partial charge in [-0.3, -0.25) is 9.48 Å². The van der Waals surface area contributed by atoms with Gasteiger partial charge in [-0.25, -0.2) is 0 Å². The number of unbranched alkanes of at least 4 members (excludes halogenated alkanes) is 1. The van der Waals surface area contributed by atoms with Crippen molar-refractivity contribution in [2.24, 2.45) is 11.8 Å². The molecule has 1 aliphatic carbocycles. The predicted octanol–water partition coefficient (Wildman–Crippen LogP) is 3.83. The van der Waals surface area contributed by atoms with Gasteiger partial charge in [-0.15, -0.1) is 5.10 Å². The zero-order chi connectivity index (χ0) is 17.5. The number of amides is 1. The molecule has 3 rings (SSSR count). The van der Waals surface area contributed by atoms with Gasteiger partial charge in [0.15, 0.2) is 0 Å². The molecule has 5 nitrogen and oxygen atoms in total. The third kappa shape index (κ3) is 5.29. The average Bonchev–Trinajstić information content (AvgIpc) is 2.90. The van der Waals surface area contributed by atoms with Gasteiger partial charge in [-0.1, -0.05) is 44.2 Å². The Morgan fingerprint density at radius 2 is 1.96 bits per heavy atom. The number of carbonyl (C=O) groups is 1. The molecule has 2 fully saturated rings. The van der Waals surface area contributed by atoms with Crippen molar-refractivity contribution in [3.8, 4) is 0 Å². The summed E-state index contributed by atoms with van der Waals surface area (Å²) in [5.74, 6) is 1.23. The number of piperidine rings is 1. The first kappa shape index (κ1) is 18.4. The van der Waals surface area contributed by atoms with E-state index in [4.69, 9.17) is 0 Å². The first-order chi connectivity index (χ1) is 12.3. The largest absolute Gasteiger partial charge is 0.342 e. The van der Waals surface area contributed by atoms with Crippen molar-refractivity contribution in [3.63, 3.8) is 0 Å². The Kier molecular flexibility index (Phi) is 6.88. The zero-order valence-electron chi connectivity index (χ0n) is 15.8. The fourth-order valence-corrected chi connectivity index (χ4v) is 4.36. The van der Waals surface area contributed by atoms with Crippen molar-refractivity contribution < 1.29 is 4.79 Å². The van der Waals surface area contributed by atoms with Gasteiger partial charge in [-0.05, 0) is 44.4 Å². The molecule has 0 radical (unpaired) electrons. The maximum atomic E-state index is 12.9. The van der Waals surface area contributed by atoms with Crippen LogP contribution in [0.15, 0.2) is 6.20 Å². The van der Waals surface area contributed by atoms with Crippen molar-refractivity contribution in [2.45, 2.75) is 84.1 Å². The second-order valence-corrected chi connectivity index (χ2v) is 8.02. The van der Waals surface area contributed by atoms with E-state index in [0.717, 1.165) is 51.0 Å². The molecule has 1 saturated heterocycles. The third-order valence-corrected chi connectivity index (χ3v) is 5.85. The topological polar surface area (TPSA) is 51.0 Å². The van der Waals surface area contributed by atoms with E-state index < -0.39 is 0 Å². The minimum absolute atomic E-state index is 0.285. The van der Waals surface area contributed by atoms with E-state index in [1.165, 1.54) is 44.9 Å². The van der Waals surface area contributed by atoms with Gasteiger partial charge in [0, 0.05) is 31.7 Å². The van der Waals surface area contributed by atoms with Crippen LogP contribution in [0.4, 0.5) is 0 Å². The number of hydrogen-bond donors (Lipinski definition) is 0.